The van der Waals surface area contributed by atoms with Crippen molar-refractivity contribution in [3.63, 3.8) is 0 Å². The van der Waals surface area contributed by atoms with Crippen molar-refractivity contribution >= 4 is 11.9 Å². The van der Waals surface area contributed by atoms with Crippen LogP contribution in [0.3, 0.4) is 0 Å². The second-order valence-electron chi connectivity index (χ2n) is 5.91. The highest BCUT2D eigenvalue weighted by atomic mass is 16.5. The summed E-state index contributed by atoms with van der Waals surface area (Å²) in [5, 5.41) is 11.7. The van der Waals surface area contributed by atoms with Gasteiger partial charge in [0.2, 0.25) is 5.91 Å². The van der Waals surface area contributed by atoms with Crippen LogP contribution in [0.15, 0.2) is 0 Å². The van der Waals surface area contributed by atoms with E-state index in [9.17, 15) is 9.59 Å². The second-order valence-corrected chi connectivity index (χ2v) is 5.91. The van der Waals surface area contributed by atoms with Gasteiger partial charge in [0.25, 0.3) is 0 Å². The largest absolute Gasteiger partial charge is 0.479 e. The highest BCUT2D eigenvalue weighted by Gasteiger charge is 2.34. The Labute approximate surface area is 113 Å². The third kappa shape index (κ3) is 3.93. The predicted molar refractivity (Wildman–Crippen MR) is 69.7 cm³/mol. The molecule has 1 amide bonds. The minimum Gasteiger partial charge on any atom is -0.479 e. The average molecular weight is 269 g/mol. The molecule has 5 nitrogen and oxygen atoms in total. The van der Waals surface area contributed by atoms with E-state index >= 15 is 0 Å². The molecule has 108 valence electrons. The molecule has 19 heavy (non-hydrogen) atoms. The number of nitrogens with one attached hydrogen (secondary N) is 1. The van der Waals surface area contributed by atoms with E-state index in [1.807, 2.05) is 0 Å². The van der Waals surface area contributed by atoms with E-state index in [1.54, 1.807) is 0 Å². The van der Waals surface area contributed by atoms with Gasteiger partial charge >= 0.3 is 5.97 Å². The first-order valence-electron chi connectivity index (χ1n) is 7.22. The van der Waals surface area contributed by atoms with Crippen LogP contribution in [0.4, 0.5) is 0 Å². The molecule has 2 aliphatic rings. The summed E-state index contributed by atoms with van der Waals surface area (Å²) in [6.45, 7) is 2.95. The molecule has 2 rings (SSSR count). The lowest BCUT2D eigenvalue weighted by Gasteiger charge is -2.27. The fourth-order valence-electron chi connectivity index (χ4n) is 3.12. The fraction of sp³-hybridized carbons (Fsp3) is 0.857. The maximum absolute atomic E-state index is 11.9. The van der Waals surface area contributed by atoms with Gasteiger partial charge < -0.3 is 15.2 Å². The number of rotatable bonds is 4. The Morgan fingerprint density at radius 2 is 1.95 bits per heavy atom. The number of ether oxygens (including phenoxy) is 1. The molecule has 0 bridgehead atoms. The first kappa shape index (κ1) is 14.3. The number of amides is 1. The Hall–Kier alpha value is -1.10. The van der Waals surface area contributed by atoms with E-state index < -0.39 is 18.2 Å². The van der Waals surface area contributed by atoms with Crippen LogP contribution >= 0.6 is 0 Å². The molecular weight excluding hydrogens is 246 g/mol. The first-order chi connectivity index (χ1) is 9.06. The van der Waals surface area contributed by atoms with Gasteiger partial charge in [0.05, 0.1) is 0 Å². The smallest absolute Gasteiger partial charge is 0.332 e. The van der Waals surface area contributed by atoms with Crippen LogP contribution in [0, 0.1) is 11.8 Å². The van der Waals surface area contributed by atoms with Crippen LogP contribution in [0.5, 0.6) is 0 Å². The fourth-order valence-corrected chi connectivity index (χ4v) is 3.12. The number of hydrogen-bond acceptors (Lipinski definition) is 3. The number of aliphatic carboxylic acids is 1. The number of carboxylic acids is 1. The quantitative estimate of drug-likeness (QED) is 0.812. The molecule has 1 heterocycles. The van der Waals surface area contributed by atoms with Crippen molar-refractivity contribution in [2.75, 3.05) is 6.54 Å². The topological polar surface area (TPSA) is 75.6 Å². The number of carbonyl (C=O) groups excluding carboxylic acids is 1. The van der Waals surface area contributed by atoms with Crippen molar-refractivity contribution < 1.29 is 19.4 Å². The minimum atomic E-state index is -0.976. The van der Waals surface area contributed by atoms with Gasteiger partial charge in [-0.1, -0.05) is 19.8 Å². The van der Waals surface area contributed by atoms with Gasteiger partial charge in [-0.05, 0) is 37.5 Å². The van der Waals surface area contributed by atoms with Crippen molar-refractivity contribution in [1.82, 2.24) is 5.32 Å². The van der Waals surface area contributed by atoms with Gasteiger partial charge in [-0.25, -0.2) is 4.79 Å². The van der Waals surface area contributed by atoms with Crippen molar-refractivity contribution in [2.24, 2.45) is 11.8 Å². The summed E-state index contributed by atoms with van der Waals surface area (Å²) in [6.07, 6.45) is 4.40. The molecule has 2 fully saturated rings. The third-order valence-corrected chi connectivity index (χ3v) is 4.20. The summed E-state index contributed by atoms with van der Waals surface area (Å²) in [7, 11) is 0. The molecule has 4 atom stereocenters. The van der Waals surface area contributed by atoms with Crippen molar-refractivity contribution in [3.8, 4) is 0 Å². The van der Waals surface area contributed by atoms with E-state index in [0.717, 1.165) is 5.92 Å². The summed E-state index contributed by atoms with van der Waals surface area (Å²) < 4.78 is 5.23. The Morgan fingerprint density at radius 3 is 2.58 bits per heavy atom. The van der Waals surface area contributed by atoms with Gasteiger partial charge in [0.1, 0.15) is 6.10 Å². The minimum absolute atomic E-state index is 0.151. The van der Waals surface area contributed by atoms with Crippen LogP contribution in [-0.4, -0.2) is 35.7 Å². The van der Waals surface area contributed by atoms with E-state index in [4.69, 9.17) is 9.84 Å². The Kier molecular flexibility index (Phi) is 4.80. The van der Waals surface area contributed by atoms with Crippen LogP contribution in [0.1, 0.15) is 45.4 Å². The zero-order valence-electron chi connectivity index (χ0n) is 11.4. The summed E-state index contributed by atoms with van der Waals surface area (Å²) >= 11 is 0. The third-order valence-electron chi connectivity index (χ3n) is 4.20. The molecule has 0 aromatic heterocycles. The molecule has 1 aliphatic carbocycles. The predicted octanol–water partition coefficient (Wildman–Crippen LogP) is 1.56. The summed E-state index contributed by atoms with van der Waals surface area (Å²) in [6, 6.07) is 0. The SMILES string of the molecule is CC1CCCC(CNC(=O)[C@@H]2CC[C@H](C(=O)O)O2)C1. The number of hydrogen-bond donors (Lipinski definition) is 2. The summed E-state index contributed by atoms with van der Waals surface area (Å²) in [4.78, 5) is 22.7. The van der Waals surface area contributed by atoms with Crippen LogP contribution in [0.25, 0.3) is 0 Å². The van der Waals surface area contributed by atoms with Gasteiger partial charge in [-0.3, -0.25) is 4.79 Å². The van der Waals surface area contributed by atoms with Gasteiger partial charge in [-0.2, -0.15) is 0 Å². The molecule has 0 radical (unpaired) electrons. The van der Waals surface area contributed by atoms with Crippen molar-refractivity contribution in [1.29, 1.82) is 0 Å². The van der Waals surface area contributed by atoms with E-state index in [1.165, 1.54) is 25.7 Å². The second kappa shape index (κ2) is 6.37. The number of carbonyl (C=O) groups is 2. The Balaban J connectivity index is 1.71. The molecule has 0 aromatic rings. The van der Waals surface area contributed by atoms with Crippen LogP contribution in [0.2, 0.25) is 0 Å². The molecule has 1 saturated carbocycles. The molecule has 0 aromatic carbocycles. The van der Waals surface area contributed by atoms with Crippen molar-refractivity contribution in [2.45, 2.75) is 57.7 Å². The summed E-state index contributed by atoms with van der Waals surface area (Å²) in [5.41, 5.74) is 0. The first-order valence-corrected chi connectivity index (χ1v) is 7.22. The molecule has 2 unspecified atom stereocenters. The van der Waals surface area contributed by atoms with E-state index in [-0.39, 0.29) is 5.91 Å². The maximum atomic E-state index is 11.9. The average Bonchev–Trinajstić information content (AvgIpc) is 2.86. The molecule has 1 aliphatic heterocycles. The number of carboxylic acid groups (broad SMARTS) is 1. The van der Waals surface area contributed by atoms with Crippen LogP contribution < -0.4 is 5.32 Å². The Bertz CT molecular complexity index is 344. The lowest BCUT2D eigenvalue weighted by molar-refractivity contribution is -0.151. The zero-order valence-corrected chi connectivity index (χ0v) is 11.4. The molecule has 0 spiro atoms. The monoisotopic (exact) mass is 269 g/mol. The van der Waals surface area contributed by atoms with Gasteiger partial charge in [0, 0.05) is 6.54 Å². The summed E-state index contributed by atoms with van der Waals surface area (Å²) in [5.74, 6) is 0.178. The molecular formula is C14H23NO4. The van der Waals surface area contributed by atoms with E-state index in [2.05, 4.69) is 12.2 Å². The maximum Gasteiger partial charge on any atom is 0.332 e. The lowest BCUT2D eigenvalue weighted by atomic mass is 9.82. The highest BCUT2D eigenvalue weighted by Crippen LogP contribution is 2.28. The normalized spacial score (nSPS) is 35.0. The molecule has 2 N–H and O–H groups in total. The standard InChI is InChI=1S/C14H23NO4/c1-9-3-2-4-10(7-9)8-15-13(16)11-5-6-12(19-11)14(17)18/h9-12H,2-8H2,1H3,(H,15,16)(H,17,18)/t9?,10?,11-,12+/m0/s1. The lowest BCUT2D eigenvalue weighted by Crippen LogP contribution is -2.39. The van der Waals surface area contributed by atoms with Crippen molar-refractivity contribution in [3.05, 3.63) is 0 Å². The van der Waals surface area contributed by atoms with Gasteiger partial charge in [0.15, 0.2) is 6.10 Å². The Morgan fingerprint density at radius 1 is 1.21 bits per heavy atom. The zero-order chi connectivity index (χ0) is 13.8. The molecule has 1 saturated heterocycles. The highest BCUT2D eigenvalue weighted by molar-refractivity contribution is 5.82. The van der Waals surface area contributed by atoms with E-state index in [0.29, 0.717) is 25.3 Å². The van der Waals surface area contributed by atoms with Gasteiger partial charge in [-0.15, -0.1) is 0 Å². The molecule has 5 heteroatoms. The van der Waals surface area contributed by atoms with Crippen LogP contribution in [-0.2, 0) is 14.3 Å².